The van der Waals surface area contributed by atoms with Gasteiger partial charge >= 0.3 is 5.97 Å². The Morgan fingerprint density at radius 1 is 1.17 bits per heavy atom. The van der Waals surface area contributed by atoms with Crippen LogP contribution in [0.5, 0.6) is 0 Å². The third-order valence-electron chi connectivity index (χ3n) is 3.13. The Labute approximate surface area is 134 Å². The second-order valence-corrected chi connectivity index (χ2v) is 5.03. The number of amides is 1. The second kappa shape index (κ2) is 7.76. The predicted octanol–water partition coefficient (Wildman–Crippen LogP) is 2.34. The lowest BCUT2D eigenvalue weighted by molar-refractivity contribution is -0.124. The molecule has 2 rings (SSSR count). The highest BCUT2D eigenvalue weighted by atomic mass is 16.5. The summed E-state index contributed by atoms with van der Waals surface area (Å²) in [7, 11) is 0. The average molecular weight is 308 g/mol. The number of benzene rings is 2. The Bertz CT molecular complexity index is 763. The third kappa shape index (κ3) is 4.97. The van der Waals surface area contributed by atoms with Gasteiger partial charge in [0.1, 0.15) is 0 Å². The fourth-order valence-corrected chi connectivity index (χ4v) is 2.00. The smallest absolute Gasteiger partial charge is 0.338 e. The molecule has 0 aromatic heterocycles. The maximum atomic E-state index is 11.8. The lowest BCUT2D eigenvalue weighted by Gasteiger charge is -2.07. The Balaban J connectivity index is 1.82. The van der Waals surface area contributed by atoms with Gasteiger partial charge < -0.3 is 10.1 Å². The van der Waals surface area contributed by atoms with Crippen LogP contribution in [0.15, 0.2) is 48.5 Å². The van der Waals surface area contributed by atoms with Crippen LogP contribution < -0.4 is 5.32 Å². The normalized spacial score (nSPS) is 9.74. The number of rotatable bonds is 5. The van der Waals surface area contributed by atoms with Crippen molar-refractivity contribution in [1.29, 1.82) is 5.26 Å². The fraction of sp³-hybridized carbons (Fsp3) is 0.167. The molecule has 0 bridgehead atoms. The molecule has 1 N–H and O–H groups in total. The number of carbonyl (C=O) groups is 2. The van der Waals surface area contributed by atoms with Crippen LogP contribution in [0, 0.1) is 18.3 Å². The van der Waals surface area contributed by atoms with Crippen molar-refractivity contribution in [2.24, 2.45) is 0 Å². The maximum absolute atomic E-state index is 11.8. The Morgan fingerprint density at radius 3 is 2.70 bits per heavy atom. The van der Waals surface area contributed by atoms with Crippen LogP contribution in [0.2, 0.25) is 0 Å². The maximum Gasteiger partial charge on any atom is 0.338 e. The van der Waals surface area contributed by atoms with Crippen molar-refractivity contribution >= 4 is 11.9 Å². The molecule has 5 heteroatoms. The Hall–Kier alpha value is -3.13. The molecule has 2 aromatic carbocycles. The molecule has 1 amide bonds. The first-order valence-corrected chi connectivity index (χ1v) is 7.08. The van der Waals surface area contributed by atoms with Gasteiger partial charge in [0.05, 0.1) is 17.2 Å². The van der Waals surface area contributed by atoms with Crippen LogP contribution in [-0.4, -0.2) is 18.5 Å². The number of esters is 1. The van der Waals surface area contributed by atoms with Gasteiger partial charge in [-0.1, -0.05) is 35.9 Å². The van der Waals surface area contributed by atoms with Crippen LogP contribution in [0.4, 0.5) is 0 Å². The van der Waals surface area contributed by atoms with E-state index in [0.29, 0.717) is 12.1 Å². The van der Waals surface area contributed by atoms with E-state index < -0.39 is 5.97 Å². The summed E-state index contributed by atoms with van der Waals surface area (Å²) in [6.45, 7) is 1.99. The van der Waals surface area contributed by atoms with Crippen LogP contribution >= 0.6 is 0 Å². The number of carbonyl (C=O) groups excluding carboxylic acids is 2. The highest BCUT2D eigenvalue weighted by molar-refractivity contribution is 5.91. The summed E-state index contributed by atoms with van der Waals surface area (Å²) in [6.07, 6.45) is 0. The lowest BCUT2D eigenvalue weighted by Crippen LogP contribution is -2.28. The van der Waals surface area contributed by atoms with E-state index in [1.54, 1.807) is 12.1 Å². The highest BCUT2D eigenvalue weighted by Crippen LogP contribution is 2.06. The van der Waals surface area contributed by atoms with E-state index in [4.69, 9.17) is 10.00 Å². The van der Waals surface area contributed by atoms with E-state index >= 15 is 0 Å². The Morgan fingerprint density at radius 2 is 1.96 bits per heavy atom. The molecule has 0 aliphatic rings. The molecule has 5 nitrogen and oxygen atoms in total. The SMILES string of the molecule is Cc1cccc(CNC(=O)COC(=O)c2cccc(C#N)c2)c1. The number of nitrogens with zero attached hydrogens (tertiary/aromatic N) is 1. The van der Waals surface area contributed by atoms with Crippen LogP contribution in [0.1, 0.15) is 27.0 Å². The average Bonchev–Trinajstić information content (AvgIpc) is 2.58. The zero-order valence-corrected chi connectivity index (χ0v) is 12.7. The monoisotopic (exact) mass is 308 g/mol. The molecule has 0 aliphatic carbocycles. The van der Waals surface area contributed by atoms with Gasteiger partial charge in [0.2, 0.25) is 0 Å². The standard InChI is InChI=1S/C18H16N2O3/c1-13-4-2-6-15(8-13)11-20-17(21)12-23-18(22)16-7-3-5-14(9-16)10-19/h2-9H,11-12H2,1H3,(H,20,21). The molecule has 0 spiro atoms. The van der Waals surface area contributed by atoms with Crippen molar-refractivity contribution in [3.8, 4) is 6.07 Å². The molecule has 116 valence electrons. The van der Waals surface area contributed by atoms with Gasteiger partial charge in [0.15, 0.2) is 6.61 Å². The molecule has 23 heavy (non-hydrogen) atoms. The summed E-state index contributed by atoms with van der Waals surface area (Å²) in [4.78, 5) is 23.5. The van der Waals surface area contributed by atoms with Gasteiger partial charge in [-0.05, 0) is 30.7 Å². The van der Waals surface area contributed by atoms with E-state index in [1.165, 1.54) is 12.1 Å². The Kier molecular flexibility index (Phi) is 5.48. The predicted molar refractivity (Wildman–Crippen MR) is 84.5 cm³/mol. The number of nitriles is 1. The summed E-state index contributed by atoms with van der Waals surface area (Å²) in [5, 5.41) is 11.5. The largest absolute Gasteiger partial charge is 0.452 e. The number of nitrogens with one attached hydrogen (secondary N) is 1. The van der Waals surface area contributed by atoms with E-state index in [2.05, 4.69) is 5.32 Å². The second-order valence-electron chi connectivity index (χ2n) is 5.03. The number of aryl methyl sites for hydroxylation is 1. The van der Waals surface area contributed by atoms with Gasteiger partial charge in [-0.2, -0.15) is 5.26 Å². The quantitative estimate of drug-likeness (QED) is 0.860. The number of hydrogen-bond donors (Lipinski definition) is 1. The molecule has 0 atom stereocenters. The lowest BCUT2D eigenvalue weighted by atomic mass is 10.1. The molecule has 0 saturated carbocycles. The first-order valence-electron chi connectivity index (χ1n) is 7.08. The number of ether oxygens (including phenoxy) is 1. The van der Waals surface area contributed by atoms with Gasteiger partial charge in [0, 0.05) is 6.54 Å². The van der Waals surface area contributed by atoms with Gasteiger partial charge in [-0.15, -0.1) is 0 Å². The zero-order valence-electron chi connectivity index (χ0n) is 12.7. The molecular weight excluding hydrogens is 292 g/mol. The fourth-order valence-electron chi connectivity index (χ4n) is 2.00. The molecule has 0 heterocycles. The van der Waals surface area contributed by atoms with Gasteiger partial charge in [0.25, 0.3) is 5.91 Å². The first-order chi connectivity index (χ1) is 11.1. The minimum atomic E-state index is -0.632. The minimum Gasteiger partial charge on any atom is -0.452 e. The van der Waals surface area contributed by atoms with Crippen molar-refractivity contribution in [1.82, 2.24) is 5.32 Å². The van der Waals surface area contributed by atoms with E-state index in [0.717, 1.165) is 11.1 Å². The van der Waals surface area contributed by atoms with Crippen molar-refractivity contribution in [2.75, 3.05) is 6.61 Å². The van der Waals surface area contributed by atoms with E-state index in [-0.39, 0.29) is 18.1 Å². The first kappa shape index (κ1) is 16.2. The summed E-state index contributed by atoms with van der Waals surface area (Å²) >= 11 is 0. The topological polar surface area (TPSA) is 79.2 Å². The summed E-state index contributed by atoms with van der Waals surface area (Å²) in [5.41, 5.74) is 2.70. The van der Waals surface area contributed by atoms with Crippen LogP contribution in [0.25, 0.3) is 0 Å². The van der Waals surface area contributed by atoms with Gasteiger partial charge in [-0.25, -0.2) is 4.79 Å². The molecule has 0 saturated heterocycles. The minimum absolute atomic E-state index is 0.246. The molecule has 0 fully saturated rings. The van der Waals surface area contributed by atoms with Crippen molar-refractivity contribution in [2.45, 2.75) is 13.5 Å². The number of hydrogen-bond acceptors (Lipinski definition) is 4. The van der Waals surface area contributed by atoms with Crippen molar-refractivity contribution < 1.29 is 14.3 Å². The van der Waals surface area contributed by atoms with E-state index in [9.17, 15) is 9.59 Å². The summed E-state index contributed by atoms with van der Waals surface area (Å²) in [5.74, 6) is -1.01. The van der Waals surface area contributed by atoms with Gasteiger partial charge in [-0.3, -0.25) is 4.79 Å². The summed E-state index contributed by atoms with van der Waals surface area (Å²) in [6, 6.07) is 15.9. The zero-order chi connectivity index (χ0) is 16.7. The molecule has 2 aromatic rings. The molecular formula is C18H16N2O3. The van der Waals surface area contributed by atoms with Crippen LogP contribution in [-0.2, 0) is 16.1 Å². The van der Waals surface area contributed by atoms with Crippen LogP contribution in [0.3, 0.4) is 0 Å². The summed E-state index contributed by atoms with van der Waals surface area (Å²) < 4.78 is 4.94. The molecule has 0 aliphatic heterocycles. The van der Waals surface area contributed by atoms with Crippen molar-refractivity contribution in [3.63, 3.8) is 0 Å². The molecule has 0 unspecified atom stereocenters. The molecule has 0 radical (unpaired) electrons. The van der Waals surface area contributed by atoms with E-state index in [1.807, 2.05) is 37.3 Å². The highest BCUT2D eigenvalue weighted by Gasteiger charge is 2.10. The van der Waals surface area contributed by atoms with Crippen molar-refractivity contribution in [3.05, 3.63) is 70.8 Å². The third-order valence-corrected chi connectivity index (χ3v) is 3.13.